The van der Waals surface area contributed by atoms with Crippen molar-refractivity contribution in [1.82, 2.24) is 9.71 Å². The Labute approximate surface area is 157 Å². The Balaban J connectivity index is 2.17. The molecule has 0 aliphatic carbocycles. The maximum Gasteiger partial charge on any atom is 0.222 e. The van der Waals surface area contributed by atoms with Crippen molar-refractivity contribution in [2.75, 3.05) is 19.1 Å². The molecule has 0 fully saturated rings. The predicted molar refractivity (Wildman–Crippen MR) is 102 cm³/mol. The molecule has 1 aromatic heterocycles. The molecule has 0 radical (unpaired) electrons. The van der Waals surface area contributed by atoms with Gasteiger partial charge in [-0.25, -0.2) is 8.42 Å². The van der Waals surface area contributed by atoms with E-state index in [0.717, 1.165) is 0 Å². The minimum atomic E-state index is -2.77. The van der Waals surface area contributed by atoms with E-state index in [1.54, 1.807) is 47.7 Å². The fourth-order valence-corrected chi connectivity index (χ4v) is 3.06. The molecule has 1 aliphatic heterocycles. The van der Waals surface area contributed by atoms with Crippen molar-refractivity contribution in [3.8, 4) is 17.6 Å². The zero-order valence-electron chi connectivity index (χ0n) is 14.5. The highest BCUT2D eigenvalue weighted by atomic mass is 32.2. The van der Waals surface area contributed by atoms with E-state index >= 15 is 0 Å². The summed E-state index contributed by atoms with van der Waals surface area (Å²) >= 11 is 0. The van der Waals surface area contributed by atoms with Crippen molar-refractivity contribution in [1.29, 1.82) is 5.26 Å². The van der Waals surface area contributed by atoms with Gasteiger partial charge >= 0.3 is 0 Å². The Hall–Kier alpha value is -3.51. The van der Waals surface area contributed by atoms with Crippen molar-refractivity contribution < 1.29 is 17.9 Å². The number of hydrogen-bond donors (Lipinski definition) is 2. The van der Waals surface area contributed by atoms with E-state index in [0.29, 0.717) is 39.3 Å². The quantitative estimate of drug-likeness (QED) is 0.760. The van der Waals surface area contributed by atoms with Crippen LogP contribution in [0.15, 0.2) is 54.7 Å². The lowest BCUT2D eigenvalue weighted by Crippen LogP contribution is -2.11. The molecule has 1 N–H and O–H groups in total. The van der Waals surface area contributed by atoms with Gasteiger partial charge in [0.15, 0.2) is 11.5 Å². The fourth-order valence-electron chi connectivity index (χ4n) is 2.70. The van der Waals surface area contributed by atoms with Gasteiger partial charge in [0, 0.05) is 35.7 Å². The zero-order valence-corrected chi connectivity index (χ0v) is 15.4. The Morgan fingerprint density at radius 1 is 1.19 bits per heavy atom. The molecular formula is C18H16N4O4S. The van der Waals surface area contributed by atoms with Crippen LogP contribution in [0.25, 0.3) is 10.9 Å². The van der Waals surface area contributed by atoms with Crippen LogP contribution in [0.4, 0.5) is 5.69 Å². The van der Waals surface area contributed by atoms with Crippen molar-refractivity contribution in [2.24, 2.45) is 0 Å². The first-order chi connectivity index (χ1) is 13.1. The van der Waals surface area contributed by atoms with Gasteiger partial charge in [-0.15, -0.1) is 0 Å². The average molecular weight is 384 g/mol. The summed E-state index contributed by atoms with van der Waals surface area (Å²) in [5.41, 5.74) is 1.98. The van der Waals surface area contributed by atoms with Gasteiger partial charge in [-0.2, -0.15) is 5.26 Å². The first-order valence-corrected chi connectivity index (χ1v) is 8.96. The number of fused-ring (bicyclic) bond motifs is 1. The molecule has 0 saturated heterocycles. The molecule has 0 atom stereocenters. The highest BCUT2D eigenvalue weighted by molar-refractivity contribution is 7.70. The molecule has 1 aromatic carbocycles. The summed E-state index contributed by atoms with van der Waals surface area (Å²) in [5, 5.41) is 10.2. The van der Waals surface area contributed by atoms with Crippen LogP contribution in [0.2, 0.25) is 0 Å². The molecule has 27 heavy (non-hydrogen) atoms. The third-order valence-corrected chi connectivity index (χ3v) is 4.32. The Morgan fingerprint density at radius 2 is 1.93 bits per heavy atom. The normalized spacial score (nSPS) is 13.3. The number of nitrogens with one attached hydrogen (secondary N) is 1. The number of hydrogen-bond acceptors (Lipinski definition) is 7. The zero-order chi connectivity index (χ0) is 19.4. The highest BCUT2D eigenvalue weighted by Crippen LogP contribution is 2.37. The van der Waals surface area contributed by atoms with Gasteiger partial charge < -0.3 is 14.4 Å². The monoisotopic (exact) mass is 384 g/mol. The number of nitrogens with zero attached hydrogens (tertiary/aromatic N) is 3. The SMILES string of the molecule is COc1cc2ncc(C#N)c(N3C=CC=C(N[SH](=O)=O)C=C3)c2cc1OC. The number of anilines is 1. The second-order valence-corrected chi connectivity index (χ2v) is 6.15. The molecule has 0 unspecified atom stereocenters. The van der Waals surface area contributed by atoms with Crippen molar-refractivity contribution in [3.63, 3.8) is 0 Å². The van der Waals surface area contributed by atoms with Crippen molar-refractivity contribution in [3.05, 3.63) is 60.2 Å². The van der Waals surface area contributed by atoms with E-state index in [2.05, 4.69) is 15.8 Å². The summed E-state index contributed by atoms with van der Waals surface area (Å²) in [6.07, 6.45) is 9.75. The van der Waals surface area contributed by atoms with E-state index in [1.165, 1.54) is 20.4 Å². The van der Waals surface area contributed by atoms with Crippen LogP contribution in [-0.4, -0.2) is 27.6 Å². The summed E-state index contributed by atoms with van der Waals surface area (Å²) in [7, 11) is 0.299. The Bertz CT molecular complexity index is 1090. The molecule has 1 aliphatic rings. The molecular weight excluding hydrogens is 368 g/mol. The molecule has 3 rings (SSSR count). The standard InChI is InChI=1S/C18H16N4O4S/c1-25-16-8-14-15(9-17(16)26-2)20-11-12(10-19)18(14)22-6-3-4-13(5-7-22)21-27(23)24/h3-9,11,27H,1-2H3,(H,21,23,24). The summed E-state index contributed by atoms with van der Waals surface area (Å²) in [5.74, 6) is 1.04. The van der Waals surface area contributed by atoms with E-state index < -0.39 is 10.9 Å². The number of ether oxygens (including phenoxy) is 2. The summed E-state index contributed by atoms with van der Waals surface area (Å²) < 4.78 is 34.8. The number of allylic oxidation sites excluding steroid dienone is 3. The predicted octanol–water partition coefficient (Wildman–Crippen LogP) is 1.97. The third-order valence-electron chi connectivity index (χ3n) is 3.88. The van der Waals surface area contributed by atoms with Crippen molar-refractivity contribution in [2.45, 2.75) is 0 Å². The largest absolute Gasteiger partial charge is 0.493 e. The smallest absolute Gasteiger partial charge is 0.222 e. The number of pyridine rings is 1. The Kier molecular flexibility index (Phi) is 5.28. The number of rotatable bonds is 5. The first kappa shape index (κ1) is 18.3. The molecule has 2 aromatic rings. The van der Waals surface area contributed by atoms with Gasteiger partial charge in [0.25, 0.3) is 0 Å². The third kappa shape index (κ3) is 3.70. The topological polar surface area (TPSA) is 105 Å². The summed E-state index contributed by atoms with van der Waals surface area (Å²) in [4.78, 5) is 6.05. The van der Waals surface area contributed by atoms with Crippen LogP contribution in [0.1, 0.15) is 5.56 Å². The van der Waals surface area contributed by atoms with Gasteiger partial charge in [0.1, 0.15) is 6.07 Å². The average Bonchev–Trinajstić information content (AvgIpc) is 2.90. The van der Waals surface area contributed by atoms with Crippen LogP contribution in [0.5, 0.6) is 11.5 Å². The lowest BCUT2D eigenvalue weighted by Gasteiger charge is -2.19. The van der Waals surface area contributed by atoms with Gasteiger partial charge in [-0.05, 0) is 24.3 Å². The van der Waals surface area contributed by atoms with E-state index in [-0.39, 0.29) is 0 Å². The summed E-state index contributed by atoms with van der Waals surface area (Å²) in [6, 6.07) is 5.63. The van der Waals surface area contributed by atoms with E-state index in [4.69, 9.17) is 9.47 Å². The molecule has 138 valence electrons. The fraction of sp³-hybridized carbons (Fsp3) is 0.111. The van der Waals surface area contributed by atoms with Crippen LogP contribution in [-0.2, 0) is 10.9 Å². The molecule has 0 bridgehead atoms. The second-order valence-electron chi connectivity index (χ2n) is 5.41. The maximum atomic E-state index is 10.9. The summed E-state index contributed by atoms with van der Waals surface area (Å²) in [6.45, 7) is 0. The van der Waals surface area contributed by atoms with E-state index in [1.807, 2.05) is 0 Å². The first-order valence-electron chi connectivity index (χ1n) is 7.78. The molecule has 0 spiro atoms. The van der Waals surface area contributed by atoms with Crippen LogP contribution in [0.3, 0.4) is 0 Å². The minimum absolute atomic E-state index is 0.357. The number of methoxy groups -OCH3 is 2. The molecule has 9 heteroatoms. The lowest BCUT2D eigenvalue weighted by atomic mass is 10.1. The van der Waals surface area contributed by atoms with Gasteiger partial charge in [-0.1, -0.05) is 0 Å². The molecule has 0 saturated carbocycles. The van der Waals surface area contributed by atoms with Crippen LogP contribution >= 0.6 is 0 Å². The molecule has 8 nitrogen and oxygen atoms in total. The van der Waals surface area contributed by atoms with Gasteiger partial charge in [0.2, 0.25) is 10.9 Å². The molecule has 0 amide bonds. The highest BCUT2D eigenvalue weighted by Gasteiger charge is 2.17. The number of aromatic nitrogens is 1. The van der Waals surface area contributed by atoms with E-state index in [9.17, 15) is 13.7 Å². The number of nitriles is 1. The maximum absolute atomic E-state index is 10.9. The Morgan fingerprint density at radius 3 is 2.59 bits per heavy atom. The molecule has 2 heterocycles. The second kappa shape index (κ2) is 7.80. The van der Waals surface area contributed by atoms with Crippen LogP contribution in [0, 0.1) is 11.3 Å². The van der Waals surface area contributed by atoms with Crippen molar-refractivity contribution >= 4 is 27.5 Å². The van der Waals surface area contributed by atoms with Gasteiger partial charge in [-0.3, -0.25) is 9.71 Å². The minimum Gasteiger partial charge on any atom is -0.493 e. The van der Waals surface area contributed by atoms with Crippen LogP contribution < -0.4 is 19.1 Å². The lowest BCUT2D eigenvalue weighted by molar-refractivity contribution is 0.356. The number of thiol groups is 1. The number of benzene rings is 1. The van der Waals surface area contributed by atoms with Gasteiger partial charge in [0.05, 0.1) is 31.0 Å².